The van der Waals surface area contributed by atoms with E-state index in [1.54, 1.807) is 65.4 Å². The predicted octanol–water partition coefficient (Wildman–Crippen LogP) is 2.58. The smallest absolute Gasteiger partial charge is 0.256 e. The van der Waals surface area contributed by atoms with E-state index in [-0.39, 0.29) is 24.3 Å². The van der Waals surface area contributed by atoms with E-state index < -0.39 is 11.8 Å². The van der Waals surface area contributed by atoms with Crippen LogP contribution in [0, 0.1) is 0 Å². The average molecular weight is 486 g/mol. The zero-order valence-electron chi connectivity index (χ0n) is 19.0. The summed E-state index contributed by atoms with van der Waals surface area (Å²) in [5.74, 6) is -0.711. The second kappa shape index (κ2) is 10.5. The van der Waals surface area contributed by atoms with Gasteiger partial charge in [0.25, 0.3) is 11.8 Å². The van der Waals surface area contributed by atoms with Crippen LogP contribution in [0.2, 0.25) is 5.02 Å². The van der Waals surface area contributed by atoms with Gasteiger partial charge in [0, 0.05) is 45.1 Å². The van der Waals surface area contributed by atoms with Gasteiger partial charge in [-0.1, -0.05) is 41.9 Å². The number of nitrogens with zero attached hydrogens (tertiary/aromatic N) is 2. The highest BCUT2D eigenvalue weighted by molar-refractivity contribution is 6.33. The monoisotopic (exact) mass is 485 g/mol. The molecule has 180 valence electrons. The molecule has 2 aliphatic rings. The van der Waals surface area contributed by atoms with Gasteiger partial charge in [-0.15, -0.1) is 0 Å². The van der Waals surface area contributed by atoms with Crippen LogP contribution in [0.4, 0.5) is 0 Å². The third-order valence-corrected chi connectivity index (χ3v) is 6.67. The summed E-state index contributed by atoms with van der Waals surface area (Å²) < 4.78 is 11.2. The summed E-state index contributed by atoms with van der Waals surface area (Å²) in [7, 11) is 1.56. The Balaban J connectivity index is 1.55. The molecule has 3 amide bonds. The highest BCUT2D eigenvalue weighted by atomic mass is 35.5. The SMILES string of the molecule is COCCNC(=O)C1COC2(CCN(C(=O)c3ccccc3Cl)CC2)N1C(=O)c1ccccc1. The molecule has 8 nitrogen and oxygen atoms in total. The minimum absolute atomic E-state index is 0.0931. The van der Waals surface area contributed by atoms with Crippen LogP contribution in [-0.4, -0.2) is 79.2 Å². The lowest BCUT2D eigenvalue weighted by Gasteiger charge is -2.44. The van der Waals surface area contributed by atoms with Crippen LogP contribution < -0.4 is 5.32 Å². The molecular weight excluding hydrogens is 458 g/mol. The van der Waals surface area contributed by atoms with Gasteiger partial charge >= 0.3 is 0 Å². The van der Waals surface area contributed by atoms with Crippen molar-refractivity contribution in [3.63, 3.8) is 0 Å². The Kier molecular flexibility index (Phi) is 7.50. The fraction of sp³-hybridized carbons (Fsp3) is 0.400. The van der Waals surface area contributed by atoms with Crippen LogP contribution in [0.3, 0.4) is 0 Å². The first kappa shape index (κ1) is 24.2. The third-order valence-electron chi connectivity index (χ3n) is 6.34. The summed E-state index contributed by atoms with van der Waals surface area (Å²) in [6, 6.07) is 15.0. The van der Waals surface area contributed by atoms with Crippen molar-refractivity contribution in [2.75, 3.05) is 40.0 Å². The summed E-state index contributed by atoms with van der Waals surface area (Å²) in [6.45, 7) is 1.56. The molecule has 1 spiro atoms. The van der Waals surface area contributed by atoms with Crippen molar-refractivity contribution < 1.29 is 23.9 Å². The Bertz CT molecular complexity index is 1040. The molecule has 2 aromatic rings. The molecule has 2 saturated heterocycles. The van der Waals surface area contributed by atoms with Crippen LogP contribution in [0.15, 0.2) is 54.6 Å². The summed E-state index contributed by atoms with van der Waals surface area (Å²) in [5, 5.41) is 3.22. The maximum atomic E-state index is 13.6. The number of hydrogen-bond donors (Lipinski definition) is 1. The van der Waals surface area contributed by atoms with E-state index in [0.29, 0.717) is 55.2 Å². The van der Waals surface area contributed by atoms with Crippen molar-refractivity contribution in [2.45, 2.75) is 24.6 Å². The fourth-order valence-electron chi connectivity index (χ4n) is 4.55. The summed E-state index contributed by atoms with van der Waals surface area (Å²) in [4.78, 5) is 42.9. The van der Waals surface area contributed by atoms with Crippen molar-refractivity contribution >= 4 is 29.3 Å². The van der Waals surface area contributed by atoms with Crippen molar-refractivity contribution in [3.05, 3.63) is 70.7 Å². The van der Waals surface area contributed by atoms with Crippen molar-refractivity contribution in [1.29, 1.82) is 0 Å². The molecule has 2 fully saturated rings. The quantitative estimate of drug-likeness (QED) is 0.635. The summed E-state index contributed by atoms with van der Waals surface area (Å²) in [6.07, 6.45) is 0.785. The maximum absolute atomic E-state index is 13.6. The number of rotatable bonds is 6. The van der Waals surface area contributed by atoms with Gasteiger partial charge in [-0.3, -0.25) is 19.3 Å². The summed E-state index contributed by atoms with van der Waals surface area (Å²) in [5.41, 5.74) is -0.0373. The number of hydrogen-bond acceptors (Lipinski definition) is 5. The fourth-order valence-corrected chi connectivity index (χ4v) is 4.76. The number of carbonyl (C=O) groups excluding carboxylic acids is 3. The van der Waals surface area contributed by atoms with E-state index in [1.807, 2.05) is 6.07 Å². The van der Waals surface area contributed by atoms with Gasteiger partial charge in [0.1, 0.15) is 11.8 Å². The lowest BCUT2D eigenvalue weighted by molar-refractivity contribution is -0.128. The Morgan fingerprint density at radius 2 is 1.74 bits per heavy atom. The molecule has 2 heterocycles. The lowest BCUT2D eigenvalue weighted by atomic mass is 9.96. The zero-order chi connectivity index (χ0) is 24.1. The van der Waals surface area contributed by atoms with E-state index in [1.165, 1.54) is 0 Å². The number of amides is 3. The Hall–Kier alpha value is -2.94. The van der Waals surface area contributed by atoms with Gasteiger partial charge in [0.05, 0.1) is 23.8 Å². The highest BCUT2D eigenvalue weighted by Gasteiger charge is 2.54. The molecule has 0 aliphatic carbocycles. The first-order chi connectivity index (χ1) is 16.5. The van der Waals surface area contributed by atoms with E-state index in [2.05, 4.69) is 5.32 Å². The molecule has 34 heavy (non-hydrogen) atoms. The van der Waals surface area contributed by atoms with Crippen molar-refractivity contribution in [2.24, 2.45) is 0 Å². The van der Waals surface area contributed by atoms with Crippen LogP contribution in [0.1, 0.15) is 33.6 Å². The molecule has 4 rings (SSSR count). The maximum Gasteiger partial charge on any atom is 0.256 e. The first-order valence-electron chi connectivity index (χ1n) is 11.3. The van der Waals surface area contributed by atoms with Gasteiger partial charge in [-0.05, 0) is 24.3 Å². The van der Waals surface area contributed by atoms with E-state index in [4.69, 9.17) is 21.1 Å². The van der Waals surface area contributed by atoms with Gasteiger partial charge in [0.15, 0.2) is 0 Å². The zero-order valence-corrected chi connectivity index (χ0v) is 19.8. The molecule has 2 aromatic carbocycles. The first-order valence-corrected chi connectivity index (χ1v) is 11.7. The van der Waals surface area contributed by atoms with E-state index in [0.717, 1.165) is 0 Å². The molecular formula is C25H28ClN3O5. The van der Waals surface area contributed by atoms with Gasteiger partial charge in [-0.2, -0.15) is 0 Å². The average Bonchev–Trinajstić information content (AvgIpc) is 3.23. The number of likely N-dealkylation sites (tertiary alicyclic amines) is 1. The Labute approximate surface area is 203 Å². The largest absolute Gasteiger partial charge is 0.383 e. The second-order valence-electron chi connectivity index (χ2n) is 8.37. The van der Waals surface area contributed by atoms with Gasteiger partial charge in [0.2, 0.25) is 5.91 Å². The number of carbonyl (C=O) groups is 3. The molecule has 2 aliphatic heterocycles. The number of ether oxygens (including phenoxy) is 2. The molecule has 0 bridgehead atoms. The molecule has 0 aromatic heterocycles. The standard InChI is InChI=1S/C25H28ClN3O5/c1-33-16-13-27-22(30)21-17-34-25(29(21)23(31)18-7-3-2-4-8-18)11-14-28(15-12-25)24(32)19-9-5-6-10-20(19)26/h2-10,21H,11-17H2,1H3,(H,27,30). The van der Waals surface area contributed by atoms with Crippen LogP contribution in [0.5, 0.6) is 0 Å². The summed E-state index contributed by atoms with van der Waals surface area (Å²) >= 11 is 6.22. The Morgan fingerprint density at radius 3 is 2.41 bits per heavy atom. The number of benzene rings is 2. The number of piperidine rings is 1. The minimum atomic E-state index is -0.965. The van der Waals surface area contributed by atoms with E-state index >= 15 is 0 Å². The van der Waals surface area contributed by atoms with Gasteiger partial charge < -0.3 is 19.7 Å². The second-order valence-corrected chi connectivity index (χ2v) is 8.78. The highest BCUT2D eigenvalue weighted by Crippen LogP contribution is 2.39. The minimum Gasteiger partial charge on any atom is -0.383 e. The van der Waals surface area contributed by atoms with Crippen molar-refractivity contribution in [1.82, 2.24) is 15.1 Å². The number of halogens is 1. The third kappa shape index (κ3) is 4.80. The van der Waals surface area contributed by atoms with Crippen LogP contribution in [-0.2, 0) is 14.3 Å². The van der Waals surface area contributed by atoms with Crippen LogP contribution in [0.25, 0.3) is 0 Å². The number of nitrogens with one attached hydrogen (secondary N) is 1. The molecule has 1 unspecified atom stereocenters. The number of methoxy groups -OCH3 is 1. The molecule has 1 N–H and O–H groups in total. The molecule has 0 radical (unpaired) electrons. The van der Waals surface area contributed by atoms with E-state index in [9.17, 15) is 14.4 Å². The Morgan fingerprint density at radius 1 is 1.06 bits per heavy atom. The topological polar surface area (TPSA) is 88.2 Å². The predicted molar refractivity (Wildman–Crippen MR) is 127 cm³/mol. The lowest BCUT2D eigenvalue weighted by Crippen LogP contribution is -2.60. The van der Waals surface area contributed by atoms with Gasteiger partial charge in [-0.25, -0.2) is 0 Å². The molecule has 9 heteroatoms. The van der Waals surface area contributed by atoms with Crippen molar-refractivity contribution in [3.8, 4) is 0 Å². The molecule has 0 saturated carbocycles. The van der Waals surface area contributed by atoms with Crippen LogP contribution >= 0.6 is 11.6 Å². The normalized spacial score (nSPS) is 19.3. The molecule has 1 atom stereocenters.